The van der Waals surface area contributed by atoms with Gasteiger partial charge in [0.1, 0.15) is 0 Å². The minimum Gasteiger partial charge on any atom is -0.290 e. The van der Waals surface area contributed by atoms with E-state index < -0.39 is 0 Å². The molecule has 2 aromatic carbocycles. The molecule has 0 saturated heterocycles. The van der Waals surface area contributed by atoms with E-state index in [1.807, 2.05) is 24.3 Å². The lowest BCUT2D eigenvalue weighted by molar-refractivity contribution is -0.0999. The highest BCUT2D eigenvalue weighted by atomic mass is 17.2. The van der Waals surface area contributed by atoms with Gasteiger partial charge in [0.2, 0.25) is 0 Å². The van der Waals surface area contributed by atoms with Crippen LogP contribution in [0.5, 0.6) is 11.5 Å². The van der Waals surface area contributed by atoms with Crippen molar-refractivity contribution in [2.75, 3.05) is 0 Å². The van der Waals surface area contributed by atoms with Gasteiger partial charge in [-0.2, -0.15) is 0 Å². The van der Waals surface area contributed by atoms with Crippen molar-refractivity contribution >= 4 is 0 Å². The van der Waals surface area contributed by atoms with Crippen molar-refractivity contribution in [3.8, 4) is 11.5 Å². The van der Waals surface area contributed by atoms with Crippen LogP contribution in [0.25, 0.3) is 0 Å². The number of hydrogen-bond donors (Lipinski definition) is 0. The second-order valence-electron chi connectivity index (χ2n) is 4.84. The van der Waals surface area contributed by atoms with Gasteiger partial charge in [-0.25, -0.2) is 0 Å². The Morgan fingerprint density at radius 3 is 1.35 bits per heavy atom. The van der Waals surface area contributed by atoms with Crippen molar-refractivity contribution in [1.29, 1.82) is 0 Å². The minimum atomic E-state index is -0.0125. The highest BCUT2D eigenvalue weighted by molar-refractivity contribution is 5.42. The van der Waals surface area contributed by atoms with E-state index in [1.54, 1.807) is 0 Å². The zero-order valence-electron chi connectivity index (χ0n) is 9.94. The molecule has 4 aliphatic heterocycles. The quantitative estimate of drug-likeness (QED) is 0.638. The van der Waals surface area contributed by atoms with Crippen molar-refractivity contribution in [2.24, 2.45) is 0 Å². The third-order valence-corrected chi connectivity index (χ3v) is 3.39. The number of rotatable bonds is 0. The Morgan fingerprint density at radius 2 is 1.00 bits per heavy atom. The van der Waals surface area contributed by atoms with E-state index in [2.05, 4.69) is 38.1 Å². The van der Waals surface area contributed by atoms with Crippen LogP contribution < -0.4 is 9.78 Å². The van der Waals surface area contributed by atoms with Crippen LogP contribution in [0.4, 0.5) is 0 Å². The molecule has 17 heavy (non-hydrogen) atoms. The zero-order chi connectivity index (χ0) is 11.9. The van der Waals surface area contributed by atoms with Gasteiger partial charge in [0.15, 0.2) is 11.5 Å². The largest absolute Gasteiger partial charge is 0.290 e. The molecule has 0 spiro atoms. The van der Waals surface area contributed by atoms with Gasteiger partial charge in [-0.05, 0) is 35.4 Å². The third kappa shape index (κ3) is 1.66. The van der Waals surface area contributed by atoms with Gasteiger partial charge in [-0.3, -0.25) is 9.78 Å². The average molecular weight is 226 g/mol. The predicted molar refractivity (Wildman–Crippen MR) is 66.3 cm³/mol. The maximum Gasteiger partial charge on any atom is 0.178 e. The smallest absolute Gasteiger partial charge is 0.178 e. The Labute approximate surface area is 101 Å². The summed E-state index contributed by atoms with van der Waals surface area (Å²) in [5.41, 5.74) is 2.51. The molecule has 0 amide bonds. The molecule has 0 N–H and O–H groups in total. The van der Waals surface area contributed by atoms with E-state index in [1.165, 1.54) is 11.1 Å². The first-order chi connectivity index (χ1) is 8.16. The molecule has 0 fully saturated rings. The lowest BCUT2D eigenvalue weighted by Gasteiger charge is -2.25. The first-order valence-electron chi connectivity index (χ1n) is 5.72. The zero-order valence-corrected chi connectivity index (χ0v) is 9.94. The van der Waals surface area contributed by atoms with Crippen LogP contribution in [0, 0.1) is 0 Å². The molecule has 0 radical (unpaired) electrons. The molecular weight excluding hydrogens is 212 g/mol. The van der Waals surface area contributed by atoms with E-state index in [-0.39, 0.29) is 5.41 Å². The highest BCUT2D eigenvalue weighted by Crippen LogP contribution is 2.34. The van der Waals surface area contributed by atoms with Crippen LogP contribution in [0.3, 0.4) is 0 Å². The van der Waals surface area contributed by atoms with E-state index in [4.69, 9.17) is 9.78 Å². The van der Waals surface area contributed by atoms with Crippen LogP contribution in [-0.2, 0) is 5.41 Å². The molecule has 2 aromatic rings. The standard InChI is InChI=1S/C15H14O2/c1-15(2)11-3-7-13(8-4-11)16-17-14-9-5-12(15)6-10-14/h3-10H,1-2H3. The second-order valence-corrected chi connectivity index (χ2v) is 4.84. The molecule has 0 atom stereocenters. The summed E-state index contributed by atoms with van der Waals surface area (Å²) in [6, 6.07) is 16.1. The van der Waals surface area contributed by atoms with Crippen molar-refractivity contribution in [1.82, 2.24) is 0 Å². The maximum atomic E-state index is 5.24. The van der Waals surface area contributed by atoms with Crippen LogP contribution in [-0.4, -0.2) is 0 Å². The molecule has 6 rings (SSSR count). The summed E-state index contributed by atoms with van der Waals surface area (Å²) in [6.07, 6.45) is 0. The van der Waals surface area contributed by atoms with E-state index >= 15 is 0 Å². The van der Waals surface area contributed by atoms with Gasteiger partial charge in [-0.1, -0.05) is 38.1 Å². The molecule has 86 valence electrons. The summed E-state index contributed by atoms with van der Waals surface area (Å²) in [4.78, 5) is 10.5. The molecule has 0 unspecified atom stereocenters. The lowest BCUT2D eigenvalue weighted by Crippen LogP contribution is -2.18. The molecule has 4 aliphatic rings. The van der Waals surface area contributed by atoms with Gasteiger partial charge < -0.3 is 0 Å². The monoisotopic (exact) mass is 226 g/mol. The summed E-state index contributed by atoms with van der Waals surface area (Å²) in [5, 5.41) is 0. The normalized spacial score (nSPS) is 15.9. The van der Waals surface area contributed by atoms with Crippen LogP contribution in [0.2, 0.25) is 0 Å². The van der Waals surface area contributed by atoms with Crippen LogP contribution in [0.1, 0.15) is 25.0 Å². The Balaban J connectivity index is 2.22. The fourth-order valence-corrected chi connectivity index (χ4v) is 2.12. The maximum absolute atomic E-state index is 5.24. The van der Waals surface area contributed by atoms with E-state index in [9.17, 15) is 0 Å². The molecule has 0 aliphatic carbocycles. The Bertz CT molecular complexity index is 474. The van der Waals surface area contributed by atoms with Crippen molar-refractivity contribution < 1.29 is 9.78 Å². The summed E-state index contributed by atoms with van der Waals surface area (Å²) in [5.74, 6) is 1.43. The molecule has 0 aromatic heterocycles. The first kappa shape index (κ1) is 10.2. The first-order valence-corrected chi connectivity index (χ1v) is 5.72. The molecule has 4 bridgehead atoms. The highest BCUT2D eigenvalue weighted by Gasteiger charge is 2.23. The molecular formula is C15H14O2. The van der Waals surface area contributed by atoms with Crippen LogP contribution in [0.15, 0.2) is 48.5 Å². The van der Waals surface area contributed by atoms with E-state index in [0.29, 0.717) is 11.5 Å². The lowest BCUT2D eigenvalue weighted by atomic mass is 9.78. The van der Waals surface area contributed by atoms with Gasteiger partial charge in [0.25, 0.3) is 0 Å². The van der Waals surface area contributed by atoms with E-state index in [0.717, 1.165) is 0 Å². The predicted octanol–water partition coefficient (Wildman–Crippen LogP) is 3.70. The Hall–Kier alpha value is -1.96. The van der Waals surface area contributed by atoms with Gasteiger partial charge in [0.05, 0.1) is 0 Å². The number of benzene rings is 2. The minimum absolute atomic E-state index is 0.0125. The summed E-state index contributed by atoms with van der Waals surface area (Å²) < 4.78 is 0. The molecule has 2 heteroatoms. The van der Waals surface area contributed by atoms with Gasteiger partial charge >= 0.3 is 0 Å². The third-order valence-electron chi connectivity index (χ3n) is 3.39. The fraction of sp³-hybridized carbons (Fsp3) is 0.200. The average Bonchev–Trinajstić information content (AvgIpc) is 2.42. The summed E-state index contributed by atoms with van der Waals surface area (Å²) >= 11 is 0. The van der Waals surface area contributed by atoms with Gasteiger partial charge in [-0.15, -0.1) is 0 Å². The fourth-order valence-electron chi connectivity index (χ4n) is 2.12. The van der Waals surface area contributed by atoms with Crippen molar-refractivity contribution in [2.45, 2.75) is 19.3 Å². The van der Waals surface area contributed by atoms with Crippen molar-refractivity contribution in [3.05, 3.63) is 59.7 Å². The van der Waals surface area contributed by atoms with Crippen LogP contribution >= 0.6 is 0 Å². The molecule has 0 saturated carbocycles. The SMILES string of the molecule is CC1(C)c2ccc(cc2)OOc2ccc1cc2. The summed E-state index contributed by atoms with van der Waals surface area (Å²) in [6.45, 7) is 4.44. The molecule has 4 heterocycles. The molecule has 2 nitrogen and oxygen atoms in total. The Morgan fingerprint density at radius 1 is 0.647 bits per heavy atom. The second kappa shape index (κ2) is 3.52. The summed E-state index contributed by atoms with van der Waals surface area (Å²) in [7, 11) is 0. The van der Waals surface area contributed by atoms with Crippen molar-refractivity contribution in [3.63, 3.8) is 0 Å². The Kier molecular flexibility index (Phi) is 2.11. The van der Waals surface area contributed by atoms with Gasteiger partial charge in [0, 0.05) is 5.41 Å². The number of hydrogen-bond acceptors (Lipinski definition) is 2. The topological polar surface area (TPSA) is 18.5 Å².